The van der Waals surface area contributed by atoms with Crippen molar-refractivity contribution in [3.05, 3.63) is 12.7 Å². The highest BCUT2D eigenvalue weighted by Crippen LogP contribution is 1.96. The van der Waals surface area contributed by atoms with Crippen molar-refractivity contribution in [2.75, 3.05) is 0 Å². The third kappa shape index (κ3) is 7.02. The predicted octanol–water partition coefficient (Wildman–Crippen LogP) is 0.933. The number of hydrogen-bond acceptors (Lipinski definition) is 5. The van der Waals surface area contributed by atoms with Gasteiger partial charge in [0.25, 0.3) is 0 Å². The maximum atomic E-state index is 10.8. The monoisotopic (exact) mass is 200 g/mol. The first kappa shape index (κ1) is 12.3. The number of carbonyl (C=O) groups is 3. The van der Waals surface area contributed by atoms with Crippen LogP contribution in [-0.2, 0) is 24.2 Å². The molecular formula is C9H12O5. The lowest BCUT2D eigenvalue weighted by Crippen LogP contribution is -2.13. The van der Waals surface area contributed by atoms with Crippen molar-refractivity contribution in [2.45, 2.75) is 26.2 Å². The van der Waals surface area contributed by atoms with Gasteiger partial charge < -0.3 is 0 Å². The molecule has 0 heterocycles. The highest BCUT2D eigenvalue weighted by Gasteiger charge is 2.10. The molecule has 0 aliphatic heterocycles. The lowest BCUT2D eigenvalue weighted by atomic mass is 10.3. The molecule has 0 aliphatic rings. The maximum Gasteiger partial charge on any atom is 0.362 e. The van der Waals surface area contributed by atoms with Gasteiger partial charge in [-0.25, -0.2) is 19.4 Å². The van der Waals surface area contributed by atoms with Gasteiger partial charge in [0.05, 0.1) is 6.42 Å². The molecule has 0 N–H and O–H groups in total. The SMILES string of the molecule is C=CCCC(=O)OOC(=O)CC(C)=O. The van der Waals surface area contributed by atoms with Crippen LogP contribution in [0.15, 0.2) is 12.7 Å². The van der Waals surface area contributed by atoms with E-state index in [2.05, 4.69) is 16.4 Å². The Morgan fingerprint density at radius 1 is 1.21 bits per heavy atom. The molecule has 0 spiro atoms. The molecule has 0 aromatic rings. The normalized spacial score (nSPS) is 8.93. The van der Waals surface area contributed by atoms with Gasteiger partial charge in [-0.2, -0.15) is 0 Å². The summed E-state index contributed by atoms with van der Waals surface area (Å²) in [5.74, 6) is -1.89. The van der Waals surface area contributed by atoms with E-state index < -0.39 is 18.4 Å². The summed E-state index contributed by atoms with van der Waals surface area (Å²) in [7, 11) is 0. The first-order valence-electron chi connectivity index (χ1n) is 4.06. The van der Waals surface area contributed by atoms with Gasteiger partial charge in [0, 0.05) is 0 Å². The Morgan fingerprint density at radius 2 is 1.79 bits per heavy atom. The number of ketones is 1. The van der Waals surface area contributed by atoms with E-state index in [4.69, 9.17) is 0 Å². The van der Waals surface area contributed by atoms with Gasteiger partial charge in [-0.3, -0.25) is 4.79 Å². The first-order chi connectivity index (χ1) is 6.56. The zero-order chi connectivity index (χ0) is 11.0. The Balaban J connectivity index is 3.60. The smallest absolute Gasteiger partial charge is 0.299 e. The summed E-state index contributed by atoms with van der Waals surface area (Å²) in [6, 6.07) is 0. The molecule has 5 nitrogen and oxygen atoms in total. The summed E-state index contributed by atoms with van der Waals surface area (Å²) in [6.07, 6.45) is 1.69. The predicted molar refractivity (Wildman–Crippen MR) is 46.9 cm³/mol. The van der Waals surface area contributed by atoms with Crippen LogP contribution >= 0.6 is 0 Å². The Labute approximate surface area is 81.6 Å². The third-order valence-electron chi connectivity index (χ3n) is 1.17. The fraction of sp³-hybridized carbons (Fsp3) is 0.444. The van der Waals surface area contributed by atoms with Gasteiger partial charge >= 0.3 is 11.9 Å². The van der Waals surface area contributed by atoms with Gasteiger partial charge in [0.2, 0.25) is 0 Å². The first-order valence-corrected chi connectivity index (χ1v) is 4.06. The molecule has 14 heavy (non-hydrogen) atoms. The fourth-order valence-corrected chi connectivity index (χ4v) is 0.587. The summed E-state index contributed by atoms with van der Waals surface area (Å²) >= 11 is 0. The van der Waals surface area contributed by atoms with Crippen molar-refractivity contribution >= 4 is 17.7 Å². The largest absolute Gasteiger partial charge is 0.362 e. The lowest BCUT2D eigenvalue weighted by Gasteiger charge is -2.00. The van der Waals surface area contributed by atoms with Crippen molar-refractivity contribution in [2.24, 2.45) is 0 Å². The number of allylic oxidation sites excluding steroid dienone is 1. The van der Waals surface area contributed by atoms with Gasteiger partial charge in [-0.1, -0.05) is 6.08 Å². The highest BCUT2D eigenvalue weighted by atomic mass is 17.2. The number of hydrogen-bond donors (Lipinski definition) is 0. The Hall–Kier alpha value is -1.65. The van der Waals surface area contributed by atoms with Crippen LogP contribution in [0.25, 0.3) is 0 Å². The van der Waals surface area contributed by atoms with Crippen LogP contribution in [0.5, 0.6) is 0 Å². The summed E-state index contributed by atoms with van der Waals surface area (Å²) in [5.41, 5.74) is 0. The molecule has 0 aromatic carbocycles. The second kappa shape index (κ2) is 6.82. The molecule has 5 heteroatoms. The van der Waals surface area contributed by atoms with E-state index >= 15 is 0 Å². The number of rotatable bonds is 5. The molecule has 0 saturated carbocycles. The highest BCUT2D eigenvalue weighted by molar-refractivity contribution is 5.94. The minimum absolute atomic E-state index is 0.0941. The molecule has 0 atom stereocenters. The topological polar surface area (TPSA) is 69.7 Å². The molecule has 0 radical (unpaired) electrons. The maximum absolute atomic E-state index is 10.8. The van der Waals surface area contributed by atoms with Crippen molar-refractivity contribution < 1.29 is 24.2 Å². The van der Waals surface area contributed by atoms with Crippen LogP contribution in [0.4, 0.5) is 0 Å². The number of carbonyl (C=O) groups excluding carboxylic acids is 3. The minimum Gasteiger partial charge on any atom is -0.299 e. The van der Waals surface area contributed by atoms with E-state index in [1.807, 2.05) is 0 Å². The van der Waals surface area contributed by atoms with E-state index in [1.165, 1.54) is 6.92 Å². The van der Waals surface area contributed by atoms with E-state index in [0.29, 0.717) is 6.42 Å². The molecule has 0 aliphatic carbocycles. The van der Waals surface area contributed by atoms with Crippen LogP contribution in [0, 0.1) is 0 Å². The molecular weight excluding hydrogens is 188 g/mol. The van der Waals surface area contributed by atoms with Gasteiger partial charge in [0.1, 0.15) is 12.2 Å². The van der Waals surface area contributed by atoms with Gasteiger partial charge in [-0.05, 0) is 13.3 Å². The van der Waals surface area contributed by atoms with E-state index in [9.17, 15) is 14.4 Å². The van der Waals surface area contributed by atoms with Crippen LogP contribution < -0.4 is 0 Å². The molecule has 0 fully saturated rings. The minimum atomic E-state index is -0.871. The Bertz CT molecular complexity index is 244. The van der Waals surface area contributed by atoms with Crippen LogP contribution in [0.3, 0.4) is 0 Å². The van der Waals surface area contributed by atoms with E-state index in [1.54, 1.807) is 6.08 Å². The number of Topliss-reactive ketones (excluding diaryl/α,β-unsaturated/α-hetero) is 1. The van der Waals surface area contributed by atoms with Crippen molar-refractivity contribution in [3.63, 3.8) is 0 Å². The summed E-state index contributed by atoms with van der Waals surface area (Å²) in [5, 5.41) is 0. The van der Waals surface area contributed by atoms with Crippen molar-refractivity contribution in [1.29, 1.82) is 0 Å². The molecule has 0 bridgehead atoms. The zero-order valence-electron chi connectivity index (χ0n) is 7.95. The standard InChI is InChI=1S/C9H12O5/c1-3-4-5-8(11)13-14-9(12)6-7(2)10/h3H,1,4-6H2,2H3. The molecule has 0 amide bonds. The average molecular weight is 200 g/mol. The third-order valence-corrected chi connectivity index (χ3v) is 1.17. The quantitative estimate of drug-likeness (QED) is 0.286. The van der Waals surface area contributed by atoms with Gasteiger partial charge in [0.15, 0.2) is 0 Å². The molecule has 0 rings (SSSR count). The van der Waals surface area contributed by atoms with Gasteiger partial charge in [-0.15, -0.1) is 6.58 Å². The molecule has 0 saturated heterocycles. The van der Waals surface area contributed by atoms with Crippen LogP contribution in [-0.4, -0.2) is 17.7 Å². The fourth-order valence-electron chi connectivity index (χ4n) is 0.587. The van der Waals surface area contributed by atoms with Crippen molar-refractivity contribution in [1.82, 2.24) is 0 Å². The summed E-state index contributed by atoms with van der Waals surface area (Å²) in [4.78, 5) is 40.1. The second-order valence-corrected chi connectivity index (χ2v) is 2.62. The molecule has 78 valence electrons. The second-order valence-electron chi connectivity index (χ2n) is 2.62. The Kier molecular flexibility index (Phi) is 6.02. The van der Waals surface area contributed by atoms with E-state index in [0.717, 1.165) is 0 Å². The van der Waals surface area contributed by atoms with E-state index in [-0.39, 0.29) is 12.2 Å². The Morgan fingerprint density at radius 3 is 2.29 bits per heavy atom. The summed E-state index contributed by atoms with van der Waals surface area (Å²) < 4.78 is 0. The molecule has 0 unspecified atom stereocenters. The van der Waals surface area contributed by atoms with Crippen molar-refractivity contribution in [3.8, 4) is 0 Å². The summed E-state index contributed by atoms with van der Waals surface area (Å²) in [6.45, 7) is 4.64. The van der Waals surface area contributed by atoms with Crippen LogP contribution in [0.2, 0.25) is 0 Å². The van der Waals surface area contributed by atoms with Crippen LogP contribution in [0.1, 0.15) is 26.2 Å². The zero-order valence-corrected chi connectivity index (χ0v) is 7.95. The average Bonchev–Trinajstić information content (AvgIpc) is 2.10. The molecule has 0 aromatic heterocycles. The lowest BCUT2D eigenvalue weighted by molar-refractivity contribution is -0.258.